The van der Waals surface area contributed by atoms with Gasteiger partial charge in [-0.2, -0.15) is 0 Å². The third kappa shape index (κ3) is 6.05. The molecule has 2 fully saturated rings. The van der Waals surface area contributed by atoms with E-state index >= 15 is 0 Å². The molecule has 1 aliphatic heterocycles. The van der Waals surface area contributed by atoms with Crippen molar-refractivity contribution in [3.05, 3.63) is 71.3 Å². The Hall–Kier alpha value is -2.76. The summed E-state index contributed by atoms with van der Waals surface area (Å²) in [5, 5.41) is 5.99. The molecule has 1 heterocycles. The van der Waals surface area contributed by atoms with Crippen molar-refractivity contribution >= 4 is 34.4 Å². The molecule has 37 heavy (non-hydrogen) atoms. The Bertz CT molecular complexity index is 1220. The Morgan fingerprint density at radius 2 is 1.76 bits per heavy atom. The number of carbonyl (C=O) groups is 2. The van der Waals surface area contributed by atoms with Crippen LogP contribution in [0.2, 0.25) is 0 Å². The number of imide groups is 1. The van der Waals surface area contributed by atoms with Crippen molar-refractivity contribution in [3.8, 4) is 0 Å². The quantitative estimate of drug-likeness (QED) is 0.498. The van der Waals surface area contributed by atoms with Gasteiger partial charge in [-0.25, -0.2) is 31.7 Å². The Morgan fingerprint density at radius 1 is 1.08 bits per heavy atom. The number of nitrogens with one attached hydrogen (secondary N) is 2. The van der Waals surface area contributed by atoms with Gasteiger partial charge in [0.2, 0.25) is 0 Å². The van der Waals surface area contributed by atoms with E-state index in [1.54, 1.807) is 0 Å². The number of hydrogen-bond donors (Lipinski definition) is 2. The van der Waals surface area contributed by atoms with Gasteiger partial charge < -0.3 is 15.4 Å². The number of nitrogens with zero attached hydrogens (tertiary/aromatic N) is 1. The Kier molecular flexibility index (Phi) is 9.14. The molecule has 8 nitrogen and oxygen atoms in total. The number of rotatable bonds is 7. The van der Waals surface area contributed by atoms with Gasteiger partial charge >= 0.3 is 12.1 Å². The molecule has 3 amide bonds. The zero-order valence-electron chi connectivity index (χ0n) is 20.3. The van der Waals surface area contributed by atoms with E-state index in [0.29, 0.717) is 32.2 Å². The molecule has 0 radical (unpaired) electrons. The summed E-state index contributed by atoms with van der Waals surface area (Å²) in [4.78, 5) is 25.6. The minimum absolute atomic E-state index is 0. The molecule has 0 bridgehead atoms. The highest BCUT2D eigenvalue weighted by Gasteiger charge is 2.45. The molecule has 2 aliphatic rings. The summed E-state index contributed by atoms with van der Waals surface area (Å²) in [6.07, 6.45) is 2.74. The predicted molar refractivity (Wildman–Crippen MR) is 136 cm³/mol. The van der Waals surface area contributed by atoms with E-state index in [1.165, 1.54) is 12.3 Å². The van der Waals surface area contributed by atoms with Gasteiger partial charge in [-0.1, -0.05) is 36.4 Å². The van der Waals surface area contributed by atoms with E-state index < -0.39 is 44.4 Å². The largest absolute Gasteiger partial charge is 0.446 e. The highest BCUT2D eigenvalue weighted by molar-refractivity contribution is 7.91. The van der Waals surface area contributed by atoms with Gasteiger partial charge in [-0.05, 0) is 48.9 Å². The molecule has 2 aromatic carbocycles. The fraction of sp³-hybridized carbons (Fsp3) is 0.440. The lowest BCUT2D eigenvalue weighted by Gasteiger charge is -2.39. The predicted octanol–water partition coefficient (Wildman–Crippen LogP) is 4.06. The van der Waals surface area contributed by atoms with Gasteiger partial charge in [-0.3, -0.25) is 0 Å². The third-order valence-electron chi connectivity index (χ3n) is 7.06. The van der Waals surface area contributed by atoms with Gasteiger partial charge in [0.1, 0.15) is 12.6 Å². The zero-order valence-corrected chi connectivity index (χ0v) is 21.9. The van der Waals surface area contributed by atoms with Crippen LogP contribution in [-0.4, -0.2) is 57.4 Å². The summed E-state index contributed by atoms with van der Waals surface area (Å²) >= 11 is 0. The van der Waals surface area contributed by atoms with E-state index in [1.807, 2.05) is 30.3 Å². The summed E-state index contributed by atoms with van der Waals surface area (Å²) < 4.78 is 56.4. The first kappa shape index (κ1) is 28.8. The maximum atomic E-state index is 13.6. The SMILES string of the molecule is CS(=O)(=O)C1(c2ccccc2)CCC(NCCNC(=O)N2C(=O)OCC2c2ccc(F)c(F)c2)CC1.Cl. The van der Waals surface area contributed by atoms with E-state index in [9.17, 15) is 26.8 Å². The maximum Gasteiger partial charge on any atom is 0.418 e. The van der Waals surface area contributed by atoms with Crippen molar-refractivity contribution in [1.82, 2.24) is 15.5 Å². The lowest BCUT2D eigenvalue weighted by atomic mass is 9.80. The van der Waals surface area contributed by atoms with Crippen LogP contribution < -0.4 is 10.6 Å². The van der Waals surface area contributed by atoms with Crippen LogP contribution in [0, 0.1) is 11.6 Å². The first-order valence-corrected chi connectivity index (χ1v) is 13.7. The van der Waals surface area contributed by atoms with Crippen molar-refractivity contribution < 1.29 is 31.5 Å². The molecule has 1 unspecified atom stereocenters. The second-order valence-corrected chi connectivity index (χ2v) is 11.6. The summed E-state index contributed by atoms with van der Waals surface area (Å²) in [6, 6.07) is 11.0. The molecule has 0 spiro atoms. The first-order valence-electron chi connectivity index (χ1n) is 11.8. The van der Waals surface area contributed by atoms with Crippen molar-refractivity contribution in [2.24, 2.45) is 0 Å². The number of hydrogen-bond acceptors (Lipinski definition) is 6. The second-order valence-electron chi connectivity index (χ2n) is 9.23. The van der Waals surface area contributed by atoms with Crippen molar-refractivity contribution in [2.45, 2.75) is 42.5 Å². The van der Waals surface area contributed by atoms with Crippen LogP contribution >= 0.6 is 12.4 Å². The van der Waals surface area contributed by atoms with Gasteiger partial charge in [-0.15, -0.1) is 12.4 Å². The average molecular weight is 558 g/mol. The van der Waals surface area contributed by atoms with Gasteiger partial charge in [0.25, 0.3) is 0 Å². The minimum atomic E-state index is -3.33. The van der Waals surface area contributed by atoms with Crippen LogP contribution in [0.25, 0.3) is 0 Å². The maximum absolute atomic E-state index is 13.6. The molecule has 1 saturated carbocycles. The van der Waals surface area contributed by atoms with E-state index in [4.69, 9.17) is 4.74 Å². The number of benzene rings is 2. The number of urea groups is 1. The standard InChI is InChI=1S/C25H29F2N3O5S.ClH/c1-36(33,34)25(18-5-3-2-4-6-18)11-9-19(10-12-25)28-13-14-29-23(31)30-22(16-35-24(30)32)17-7-8-20(26)21(27)15-17;/h2-8,15,19,22,28H,9-14,16H2,1H3,(H,29,31);1H. The smallest absolute Gasteiger partial charge is 0.418 e. The second kappa shape index (κ2) is 11.7. The number of amides is 3. The molecule has 4 rings (SSSR count). The molecule has 2 aromatic rings. The summed E-state index contributed by atoms with van der Waals surface area (Å²) in [6.45, 7) is 0.465. The van der Waals surface area contributed by atoms with E-state index in [2.05, 4.69) is 10.6 Å². The molecule has 1 aliphatic carbocycles. The first-order chi connectivity index (χ1) is 17.1. The summed E-state index contributed by atoms with van der Waals surface area (Å²) in [5.74, 6) is -2.10. The van der Waals surface area contributed by atoms with E-state index in [0.717, 1.165) is 22.6 Å². The highest BCUT2D eigenvalue weighted by Crippen LogP contribution is 2.43. The van der Waals surface area contributed by atoms with Gasteiger partial charge in [0.05, 0.1) is 4.75 Å². The highest BCUT2D eigenvalue weighted by atomic mass is 35.5. The van der Waals surface area contributed by atoms with Crippen LogP contribution in [0.15, 0.2) is 48.5 Å². The van der Waals surface area contributed by atoms with Gasteiger partial charge in [0, 0.05) is 25.4 Å². The number of carbonyl (C=O) groups excluding carboxylic acids is 2. The average Bonchev–Trinajstić information content (AvgIpc) is 3.25. The molecule has 1 saturated heterocycles. The number of halogens is 3. The monoisotopic (exact) mass is 557 g/mol. The Labute approximate surface area is 221 Å². The normalized spacial score (nSPS) is 23.8. The number of ether oxygens (including phenoxy) is 1. The number of cyclic esters (lactones) is 1. The molecule has 1 atom stereocenters. The van der Waals surface area contributed by atoms with Gasteiger partial charge in [0.15, 0.2) is 21.5 Å². The molecular formula is C25H30ClF2N3O5S. The molecule has 2 N–H and O–H groups in total. The van der Waals surface area contributed by atoms with Crippen molar-refractivity contribution in [2.75, 3.05) is 26.0 Å². The minimum Gasteiger partial charge on any atom is -0.446 e. The number of sulfone groups is 1. The zero-order chi connectivity index (χ0) is 25.9. The summed E-state index contributed by atoms with van der Waals surface area (Å²) in [5.41, 5.74) is 1.06. The van der Waals surface area contributed by atoms with Crippen LogP contribution in [0.4, 0.5) is 18.4 Å². The molecule has 0 aromatic heterocycles. The van der Waals surface area contributed by atoms with Crippen LogP contribution in [0.5, 0.6) is 0 Å². The Balaban J connectivity index is 0.00000380. The fourth-order valence-electron chi connectivity index (χ4n) is 5.05. The topological polar surface area (TPSA) is 105 Å². The molecule has 202 valence electrons. The lowest BCUT2D eigenvalue weighted by molar-refractivity contribution is 0.158. The molecule has 12 heteroatoms. The van der Waals surface area contributed by atoms with Crippen LogP contribution in [0.1, 0.15) is 42.9 Å². The van der Waals surface area contributed by atoms with Crippen molar-refractivity contribution in [3.63, 3.8) is 0 Å². The fourth-order valence-corrected chi connectivity index (χ4v) is 6.59. The van der Waals surface area contributed by atoms with Crippen LogP contribution in [-0.2, 0) is 19.3 Å². The summed E-state index contributed by atoms with van der Waals surface area (Å²) in [7, 11) is -3.33. The lowest BCUT2D eigenvalue weighted by Crippen LogP contribution is -2.47. The third-order valence-corrected chi connectivity index (χ3v) is 9.12. The van der Waals surface area contributed by atoms with E-state index in [-0.39, 0.29) is 37.2 Å². The van der Waals surface area contributed by atoms with Crippen molar-refractivity contribution in [1.29, 1.82) is 0 Å². The molecular weight excluding hydrogens is 528 g/mol. The van der Waals surface area contributed by atoms with Crippen LogP contribution in [0.3, 0.4) is 0 Å². The Morgan fingerprint density at radius 3 is 2.38 bits per heavy atom.